The molecule has 1 fully saturated rings. The Morgan fingerprint density at radius 2 is 2.00 bits per heavy atom. The number of anilines is 1. The molecule has 1 aliphatic rings. The highest BCUT2D eigenvalue weighted by Crippen LogP contribution is 2.28. The van der Waals surface area contributed by atoms with Gasteiger partial charge in [0.2, 0.25) is 10.0 Å². The standard InChI is InChI=1S/C18H24FN3O2S/c1-2-25(23,24)21-12-13-5-7-15(8-6-13)22-16-10-14-4-3-9-20-18(14)17(19)11-16/h3-4,9-11,13,15,21-22H,2,5-8,12H2,1H3. The first-order valence-corrected chi connectivity index (χ1v) is 10.4. The van der Waals surface area contributed by atoms with Crippen molar-refractivity contribution in [2.24, 2.45) is 5.92 Å². The van der Waals surface area contributed by atoms with Gasteiger partial charge in [-0.1, -0.05) is 6.07 Å². The Hall–Kier alpha value is -1.73. The van der Waals surface area contributed by atoms with Crippen LogP contribution in [0, 0.1) is 11.7 Å². The van der Waals surface area contributed by atoms with E-state index in [9.17, 15) is 12.8 Å². The molecule has 25 heavy (non-hydrogen) atoms. The molecular weight excluding hydrogens is 341 g/mol. The van der Waals surface area contributed by atoms with Crippen LogP contribution in [0.3, 0.4) is 0 Å². The molecule has 0 bridgehead atoms. The van der Waals surface area contributed by atoms with Crippen molar-refractivity contribution in [2.45, 2.75) is 38.6 Å². The van der Waals surface area contributed by atoms with E-state index in [4.69, 9.17) is 0 Å². The molecule has 3 rings (SSSR count). The Morgan fingerprint density at radius 1 is 1.24 bits per heavy atom. The summed E-state index contributed by atoms with van der Waals surface area (Å²) < 4.78 is 39.9. The summed E-state index contributed by atoms with van der Waals surface area (Å²) in [6, 6.07) is 7.36. The Bertz CT molecular complexity index is 833. The van der Waals surface area contributed by atoms with Gasteiger partial charge >= 0.3 is 0 Å². The van der Waals surface area contributed by atoms with Crippen LogP contribution in [-0.4, -0.2) is 31.7 Å². The third-order valence-electron chi connectivity index (χ3n) is 4.85. The number of aromatic nitrogens is 1. The van der Waals surface area contributed by atoms with E-state index in [1.807, 2.05) is 12.1 Å². The topological polar surface area (TPSA) is 71.1 Å². The van der Waals surface area contributed by atoms with Crippen molar-refractivity contribution in [3.05, 3.63) is 36.3 Å². The van der Waals surface area contributed by atoms with Gasteiger partial charge in [-0.3, -0.25) is 4.98 Å². The molecule has 1 saturated carbocycles. The molecule has 0 spiro atoms. The lowest BCUT2D eigenvalue weighted by molar-refractivity contribution is 0.337. The van der Waals surface area contributed by atoms with Crippen LogP contribution < -0.4 is 10.0 Å². The minimum absolute atomic E-state index is 0.117. The predicted octanol–water partition coefficient (Wildman–Crippen LogP) is 3.28. The lowest BCUT2D eigenvalue weighted by atomic mass is 9.86. The first-order valence-electron chi connectivity index (χ1n) is 8.75. The summed E-state index contributed by atoms with van der Waals surface area (Å²) in [4.78, 5) is 4.07. The summed E-state index contributed by atoms with van der Waals surface area (Å²) in [5.41, 5.74) is 1.16. The van der Waals surface area contributed by atoms with Crippen molar-refractivity contribution in [3.63, 3.8) is 0 Å². The molecule has 0 amide bonds. The molecule has 1 heterocycles. The average molecular weight is 365 g/mol. The number of nitrogens with one attached hydrogen (secondary N) is 2. The molecule has 0 atom stereocenters. The van der Waals surface area contributed by atoms with Gasteiger partial charge in [0, 0.05) is 29.9 Å². The second-order valence-corrected chi connectivity index (χ2v) is 8.74. The monoisotopic (exact) mass is 365 g/mol. The van der Waals surface area contributed by atoms with Crippen molar-refractivity contribution in [3.8, 4) is 0 Å². The zero-order chi connectivity index (χ0) is 17.9. The van der Waals surface area contributed by atoms with Gasteiger partial charge in [0.1, 0.15) is 5.52 Å². The average Bonchev–Trinajstić information content (AvgIpc) is 2.61. The van der Waals surface area contributed by atoms with Crippen LogP contribution in [0.2, 0.25) is 0 Å². The molecule has 5 nitrogen and oxygen atoms in total. The summed E-state index contributed by atoms with van der Waals surface area (Å²) in [6.07, 6.45) is 5.41. The molecule has 1 aromatic heterocycles. The summed E-state index contributed by atoms with van der Waals surface area (Å²) in [5, 5.41) is 4.20. The number of sulfonamides is 1. The smallest absolute Gasteiger partial charge is 0.211 e. The molecule has 2 N–H and O–H groups in total. The Balaban J connectivity index is 1.56. The van der Waals surface area contributed by atoms with E-state index < -0.39 is 10.0 Å². The minimum atomic E-state index is -3.12. The minimum Gasteiger partial charge on any atom is -0.382 e. The van der Waals surface area contributed by atoms with Gasteiger partial charge < -0.3 is 5.32 Å². The fourth-order valence-corrected chi connectivity index (χ4v) is 4.02. The number of rotatable bonds is 6. The fraction of sp³-hybridized carbons (Fsp3) is 0.500. The molecule has 136 valence electrons. The van der Waals surface area contributed by atoms with Crippen LogP contribution in [-0.2, 0) is 10.0 Å². The zero-order valence-corrected chi connectivity index (χ0v) is 15.2. The zero-order valence-electron chi connectivity index (χ0n) is 14.3. The Labute approximate surface area is 148 Å². The highest BCUT2D eigenvalue weighted by atomic mass is 32.2. The van der Waals surface area contributed by atoms with Crippen LogP contribution >= 0.6 is 0 Å². The van der Waals surface area contributed by atoms with Gasteiger partial charge in [-0.25, -0.2) is 17.5 Å². The van der Waals surface area contributed by atoms with E-state index in [1.54, 1.807) is 19.2 Å². The van der Waals surface area contributed by atoms with E-state index in [0.29, 0.717) is 18.0 Å². The van der Waals surface area contributed by atoms with E-state index >= 15 is 0 Å². The maximum atomic E-state index is 14.1. The molecular formula is C18H24FN3O2S. The number of pyridine rings is 1. The Kier molecular flexibility index (Phi) is 5.54. The van der Waals surface area contributed by atoms with Crippen molar-refractivity contribution >= 4 is 26.6 Å². The third kappa shape index (κ3) is 4.67. The summed E-state index contributed by atoms with van der Waals surface area (Å²) in [6.45, 7) is 2.15. The number of benzene rings is 1. The first-order chi connectivity index (χ1) is 12.0. The first kappa shape index (κ1) is 18.1. The van der Waals surface area contributed by atoms with Gasteiger partial charge in [0.05, 0.1) is 5.75 Å². The number of hydrogen-bond acceptors (Lipinski definition) is 4. The van der Waals surface area contributed by atoms with Crippen LogP contribution in [0.15, 0.2) is 30.5 Å². The Morgan fingerprint density at radius 3 is 2.72 bits per heavy atom. The maximum absolute atomic E-state index is 14.1. The molecule has 2 aromatic rings. The molecule has 0 unspecified atom stereocenters. The molecule has 1 aromatic carbocycles. The second kappa shape index (κ2) is 7.66. The normalized spacial score (nSPS) is 21.4. The van der Waals surface area contributed by atoms with Crippen molar-refractivity contribution in [1.29, 1.82) is 0 Å². The van der Waals surface area contributed by atoms with Crippen LogP contribution in [0.4, 0.5) is 10.1 Å². The van der Waals surface area contributed by atoms with E-state index in [0.717, 1.165) is 36.8 Å². The highest BCUT2D eigenvalue weighted by molar-refractivity contribution is 7.89. The molecule has 7 heteroatoms. The lowest BCUT2D eigenvalue weighted by Gasteiger charge is -2.30. The van der Waals surface area contributed by atoms with E-state index in [1.165, 1.54) is 6.07 Å². The molecule has 0 aliphatic heterocycles. The van der Waals surface area contributed by atoms with Crippen LogP contribution in [0.1, 0.15) is 32.6 Å². The molecule has 1 aliphatic carbocycles. The van der Waals surface area contributed by atoms with Crippen molar-refractivity contribution in [1.82, 2.24) is 9.71 Å². The lowest BCUT2D eigenvalue weighted by Crippen LogP contribution is -2.34. The number of hydrogen-bond donors (Lipinski definition) is 2. The number of nitrogens with zero attached hydrogens (tertiary/aromatic N) is 1. The maximum Gasteiger partial charge on any atom is 0.211 e. The van der Waals surface area contributed by atoms with Gasteiger partial charge in [-0.15, -0.1) is 0 Å². The third-order valence-corrected chi connectivity index (χ3v) is 6.21. The number of fused-ring (bicyclic) bond motifs is 1. The number of halogens is 1. The van der Waals surface area contributed by atoms with Gasteiger partial charge in [0.15, 0.2) is 5.82 Å². The molecule has 0 radical (unpaired) electrons. The fourth-order valence-electron chi connectivity index (χ4n) is 3.32. The SMILES string of the molecule is CCS(=O)(=O)NCC1CCC(Nc2cc(F)c3ncccc3c2)CC1. The summed E-state index contributed by atoms with van der Waals surface area (Å²) in [5.74, 6) is 0.173. The van der Waals surface area contributed by atoms with E-state index in [-0.39, 0.29) is 17.6 Å². The largest absolute Gasteiger partial charge is 0.382 e. The predicted molar refractivity (Wildman–Crippen MR) is 98.5 cm³/mol. The van der Waals surface area contributed by atoms with Crippen molar-refractivity contribution in [2.75, 3.05) is 17.6 Å². The summed E-state index contributed by atoms with van der Waals surface area (Å²) in [7, 11) is -3.12. The van der Waals surface area contributed by atoms with Crippen molar-refractivity contribution < 1.29 is 12.8 Å². The van der Waals surface area contributed by atoms with Gasteiger partial charge in [-0.2, -0.15) is 0 Å². The van der Waals surface area contributed by atoms with Gasteiger partial charge in [-0.05, 0) is 56.7 Å². The quantitative estimate of drug-likeness (QED) is 0.824. The van der Waals surface area contributed by atoms with Crippen LogP contribution in [0.25, 0.3) is 10.9 Å². The van der Waals surface area contributed by atoms with Crippen LogP contribution in [0.5, 0.6) is 0 Å². The summed E-state index contributed by atoms with van der Waals surface area (Å²) >= 11 is 0. The highest BCUT2D eigenvalue weighted by Gasteiger charge is 2.22. The second-order valence-electron chi connectivity index (χ2n) is 6.65. The van der Waals surface area contributed by atoms with E-state index in [2.05, 4.69) is 15.0 Å². The molecule has 0 saturated heterocycles. The van der Waals surface area contributed by atoms with Gasteiger partial charge in [0.25, 0.3) is 0 Å².